The minimum Gasteiger partial charge on any atom is -0.370 e. The van der Waals surface area contributed by atoms with Crippen molar-refractivity contribution in [3.63, 3.8) is 0 Å². The van der Waals surface area contributed by atoms with Gasteiger partial charge in [0.15, 0.2) is 0 Å². The van der Waals surface area contributed by atoms with Gasteiger partial charge in [0.05, 0.1) is 6.33 Å². The van der Waals surface area contributed by atoms with Gasteiger partial charge >= 0.3 is 0 Å². The van der Waals surface area contributed by atoms with Crippen LogP contribution in [0.15, 0.2) is 24.8 Å². The van der Waals surface area contributed by atoms with Gasteiger partial charge in [0.1, 0.15) is 11.6 Å². The molecule has 1 N–H and O–H groups in total. The summed E-state index contributed by atoms with van der Waals surface area (Å²) in [4.78, 5) is 13.0. The van der Waals surface area contributed by atoms with Gasteiger partial charge < -0.3 is 9.88 Å². The van der Waals surface area contributed by atoms with E-state index in [1.54, 1.807) is 6.20 Å². The SMILES string of the molecule is Cc1cc(NCCCn2ccnc2)nc(C(C)C)n1. The predicted molar refractivity (Wildman–Crippen MR) is 76.2 cm³/mol. The summed E-state index contributed by atoms with van der Waals surface area (Å²) in [6.07, 6.45) is 6.66. The van der Waals surface area contributed by atoms with Crippen LogP contribution in [0.1, 0.15) is 37.7 Å². The second kappa shape index (κ2) is 6.31. The van der Waals surface area contributed by atoms with Crippen LogP contribution >= 0.6 is 0 Å². The maximum absolute atomic E-state index is 4.53. The van der Waals surface area contributed by atoms with Crippen molar-refractivity contribution in [1.82, 2.24) is 19.5 Å². The van der Waals surface area contributed by atoms with Gasteiger partial charge in [-0.05, 0) is 13.3 Å². The number of nitrogens with zero attached hydrogens (tertiary/aromatic N) is 4. The van der Waals surface area contributed by atoms with Gasteiger partial charge in [-0.25, -0.2) is 15.0 Å². The molecule has 5 heteroatoms. The molecular formula is C14H21N5. The lowest BCUT2D eigenvalue weighted by molar-refractivity contribution is 0.659. The quantitative estimate of drug-likeness (QED) is 0.810. The summed E-state index contributed by atoms with van der Waals surface area (Å²) < 4.78 is 2.08. The van der Waals surface area contributed by atoms with E-state index in [0.717, 1.165) is 36.8 Å². The molecule has 0 aliphatic rings. The van der Waals surface area contributed by atoms with Gasteiger partial charge in [-0.1, -0.05) is 13.8 Å². The molecule has 0 saturated heterocycles. The van der Waals surface area contributed by atoms with E-state index < -0.39 is 0 Å². The van der Waals surface area contributed by atoms with Gasteiger partial charge in [-0.3, -0.25) is 0 Å². The second-order valence-corrected chi connectivity index (χ2v) is 4.99. The first-order valence-corrected chi connectivity index (χ1v) is 6.70. The number of hydrogen-bond donors (Lipinski definition) is 1. The average molecular weight is 259 g/mol. The van der Waals surface area contributed by atoms with E-state index in [1.807, 2.05) is 25.5 Å². The summed E-state index contributed by atoms with van der Waals surface area (Å²) in [5, 5.41) is 3.36. The Morgan fingerprint density at radius 3 is 2.84 bits per heavy atom. The minimum atomic E-state index is 0.353. The van der Waals surface area contributed by atoms with Crippen LogP contribution in [0.25, 0.3) is 0 Å². The highest BCUT2D eigenvalue weighted by molar-refractivity contribution is 5.36. The van der Waals surface area contributed by atoms with Crippen LogP contribution in [-0.2, 0) is 6.54 Å². The van der Waals surface area contributed by atoms with Gasteiger partial charge in [0.2, 0.25) is 0 Å². The van der Waals surface area contributed by atoms with Crippen molar-refractivity contribution in [3.05, 3.63) is 36.3 Å². The van der Waals surface area contributed by atoms with E-state index in [0.29, 0.717) is 5.92 Å². The maximum Gasteiger partial charge on any atom is 0.133 e. The molecule has 0 saturated carbocycles. The average Bonchev–Trinajstić information content (AvgIpc) is 2.87. The molecule has 2 aromatic heterocycles. The molecule has 0 amide bonds. The summed E-state index contributed by atoms with van der Waals surface area (Å²) >= 11 is 0. The molecule has 0 radical (unpaired) electrons. The van der Waals surface area contributed by atoms with Crippen molar-refractivity contribution in [2.24, 2.45) is 0 Å². The number of rotatable bonds is 6. The zero-order chi connectivity index (χ0) is 13.7. The summed E-state index contributed by atoms with van der Waals surface area (Å²) in [5.41, 5.74) is 1.01. The van der Waals surface area contributed by atoms with Crippen LogP contribution in [0.5, 0.6) is 0 Å². The van der Waals surface area contributed by atoms with Crippen molar-refractivity contribution in [1.29, 1.82) is 0 Å². The summed E-state index contributed by atoms with van der Waals surface area (Å²) in [7, 11) is 0. The lowest BCUT2D eigenvalue weighted by Crippen LogP contribution is -2.09. The predicted octanol–water partition coefficient (Wildman–Crippen LogP) is 2.61. The van der Waals surface area contributed by atoms with Crippen LogP contribution in [0.2, 0.25) is 0 Å². The topological polar surface area (TPSA) is 55.6 Å². The first-order valence-electron chi connectivity index (χ1n) is 6.70. The van der Waals surface area contributed by atoms with E-state index in [9.17, 15) is 0 Å². The Balaban J connectivity index is 1.85. The van der Waals surface area contributed by atoms with Crippen LogP contribution in [0.4, 0.5) is 5.82 Å². The molecule has 0 spiro atoms. The monoisotopic (exact) mass is 259 g/mol. The molecule has 2 heterocycles. The molecule has 0 unspecified atom stereocenters. The summed E-state index contributed by atoms with van der Waals surface area (Å²) in [6.45, 7) is 8.08. The summed E-state index contributed by atoms with van der Waals surface area (Å²) in [5.74, 6) is 2.17. The van der Waals surface area contributed by atoms with Crippen molar-refractivity contribution >= 4 is 5.82 Å². The normalized spacial score (nSPS) is 10.9. The van der Waals surface area contributed by atoms with Crippen molar-refractivity contribution < 1.29 is 0 Å². The first kappa shape index (κ1) is 13.5. The lowest BCUT2D eigenvalue weighted by atomic mass is 10.2. The Hall–Kier alpha value is -1.91. The summed E-state index contributed by atoms with van der Waals surface area (Å²) in [6, 6.07) is 1.99. The second-order valence-electron chi connectivity index (χ2n) is 4.99. The largest absolute Gasteiger partial charge is 0.370 e. The fraction of sp³-hybridized carbons (Fsp3) is 0.500. The Labute approximate surface area is 114 Å². The number of nitrogens with one attached hydrogen (secondary N) is 1. The van der Waals surface area contributed by atoms with Crippen LogP contribution in [0, 0.1) is 6.92 Å². The highest BCUT2D eigenvalue weighted by atomic mass is 15.0. The van der Waals surface area contributed by atoms with Crippen molar-refractivity contribution in [3.8, 4) is 0 Å². The lowest BCUT2D eigenvalue weighted by Gasteiger charge is -2.10. The zero-order valence-corrected chi connectivity index (χ0v) is 11.8. The number of aromatic nitrogens is 4. The molecule has 0 fully saturated rings. The highest BCUT2D eigenvalue weighted by Gasteiger charge is 2.05. The van der Waals surface area contributed by atoms with E-state index in [2.05, 4.69) is 38.7 Å². The highest BCUT2D eigenvalue weighted by Crippen LogP contribution is 2.13. The van der Waals surface area contributed by atoms with Gasteiger partial charge in [-0.15, -0.1) is 0 Å². The number of aryl methyl sites for hydroxylation is 2. The third-order valence-corrected chi connectivity index (χ3v) is 2.85. The molecule has 5 nitrogen and oxygen atoms in total. The molecule has 19 heavy (non-hydrogen) atoms. The van der Waals surface area contributed by atoms with Gasteiger partial charge in [-0.2, -0.15) is 0 Å². The third-order valence-electron chi connectivity index (χ3n) is 2.85. The molecule has 0 aliphatic heterocycles. The Kier molecular flexibility index (Phi) is 4.49. The molecule has 102 valence electrons. The third kappa shape index (κ3) is 4.05. The Morgan fingerprint density at radius 2 is 2.16 bits per heavy atom. The van der Waals surface area contributed by atoms with Crippen molar-refractivity contribution in [2.45, 2.75) is 39.7 Å². The number of hydrogen-bond acceptors (Lipinski definition) is 4. The number of anilines is 1. The molecule has 2 rings (SSSR count). The molecule has 0 atom stereocenters. The molecule has 2 aromatic rings. The maximum atomic E-state index is 4.53. The Morgan fingerprint density at radius 1 is 1.32 bits per heavy atom. The molecule has 0 aliphatic carbocycles. The van der Waals surface area contributed by atoms with Crippen molar-refractivity contribution in [2.75, 3.05) is 11.9 Å². The van der Waals surface area contributed by atoms with Crippen LogP contribution < -0.4 is 5.32 Å². The molecular weight excluding hydrogens is 238 g/mol. The van der Waals surface area contributed by atoms with Gasteiger partial charge in [0.25, 0.3) is 0 Å². The molecule has 0 aromatic carbocycles. The minimum absolute atomic E-state index is 0.353. The van der Waals surface area contributed by atoms with Crippen LogP contribution in [-0.4, -0.2) is 26.1 Å². The molecule has 0 bridgehead atoms. The van der Waals surface area contributed by atoms with E-state index in [1.165, 1.54) is 0 Å². The van der Waals surface area contributed by atoms with Gasteiger partial charge in [0, 0.05) is 43.2 Å². The first-order chi connectivity index (χ1) is 9.15. The van der Waals surface area contributed by atoms with E-state index >= 15 is 0 Å². The Bertz CT molecular complexity index is 505. The standard InChI is InChI=1S/C14H21N5/c1-11(2)14-17-12(3)9-13(18-14)16-5-4-7-19-8-6-15-10-19/h6,8-11H,4-5,7H2,1-3H3,(H,16,17,18). The smallest absolute Gasteiger partial charge is 0.133 e. The fourth-order valence-electron chi connectivity index (χ4n) is 1.84. The van der Waals surface area contributed by atoms with Crippen LogP contribution in [0.3, 0.4) is 0 Å². The number of imidazole rings is 1. The van der Waals surface area contributed by atoms with E-state index in [4.69, 9.17) is 0 Å². The zero-order valence-electron chi connectivity index (χ0n) is 11.8. The fourth-order valence-corrected chi connectivity index (χ4v) is 1.84. The van der Waals surface area contributed by atoms with E-state index in [-0.39, 0.29) is 0 Å².